The van der Waals surface area contributed by atoms with Crippen molar-refractivity contribution in [2.24, 2.45) is 17.8 Å². The third kappa shape index (κ3) is 3.50. The lowest BCUT2D eigenvalue weighted by Crippen LogP contribution is -2.19. The highest BCUT2D eigenvalue weighted by atomic mass is 16.1. The smallest absolute Gasteiger partial charge is 0.135 e. The van der Waals surface area contributed by atoms with Gasteiger partial charge >= 0.3 is 0 Å². The second kappa shape index (κ2) is 4.78. The molecular weight excluding hydrogens is 160 g/mol. The first kappa shape index (κ1) is 10.7. The van der Waals surface area contributed by atoms with Gasteiger partial charge in [-0.1, -0.05) is 40.0 Å². The van der Waals surface area contributed by atoms with Crippen LogP contribution in [0, 0.1) is 17.8 Å². The Labute approximate surface area is 81.9 Å². The second-order valence-electron chi connectivity index (χ2n) is 4.96. The summed E-state index contributed by atoms with van der Waals surface area (Å²) in [6.45, 7) is 6.33. The Hall–Kier alpha value is -0.330. The highest BCUT2D eigenvalue weighted by Gasteiger charge is 2.21. The second-order valence-corrected chi connectivity index (χ2v) is 4.96. The zero-order chi connectivity index (χ0) is 9.84. The third-order valence-electron chi connectivity index (χ3n) is 3.18. The number of Topliss-reactive ketones (excluding diaryl/α,β-unsaturated/α-hetero) is 1. The minimum atomic E-state index is 0.234. The van der Waals surface area contributed by atoms with Crippen LogP contribution in [-0.2, 0) is 4.79 Å². The van der Waals surface area contributed by atoms with E-state index in [0.717, 1.165) is 12.3 Å². The molecule has 0 bridgehead atoms. The predicted octanol–water partition coefficient (Wildman–Crippen LogP) is 3.43. The molecule has 1 aliphatic carbocycles. The summed E-state index contributed by atoms with van der Waals surface area (Å²) in [5.41, 5.74) is 0. The van der Waals surface area contributed by atoms with Crippen molar-refractivity contribution >= 4 is 5.78 Å². The lowest BCUT2D eigenvalue weighted by Gasteiger charge is -2.26. The van der Waals surface area contributed by atoms with Crippen LogP contribution >= 0.6 is 0 Å². The van der Waals surface area contributed by atoms with E-state index in [1.54, 1.807) is 0 Å². The summed E-state index contributed by atoms with van der Waals surface area (Å²) in [6.07, 6.45) is 6.09. The molecule has 2 unspecified atom stereocenters. The third-order valence-corrected chi connectivity index (χ3v) is 3.18. The molecule has 0 aromatic rings. The number of carbonyl (C=O) groups is 1. The SMILES string of the molecule is CC1CCCC(CC(=O)C(C)C)C1. The van der Waals surface area contributed by atoms with Crippen LogP contribution in [0.15, 0.2) is 0 Å². The van der Waals surface area contributed by atoms with Crippen molar-refractivity contribution in [3.05, 3.63) is 0 Å². The minimum absolute atomic E-state index is 0.234. The molecule has 2 atom stereocenters. The molecule has 76 valence electrons. The molecule has 1 heteroatoms. The zero-order valence-electron chi connectivity index (χ0n) is 9.18. The van der Waals surface area contributed by atoms with Crippen molar-refractivity contribution in [3.8, 4) is 0 Å². The Kier molecular flexibility index (Phi) is 3.95. The van der Waals surface area contributed by atoms with E-state index in [2.05, 4.69) is 6.92 Å². The van der Waals surface area contributed by atoms with Gasteiger partial charge in [-0.15, -0.1) is 0 Å². The first-order chi connectivity index (χ1) is 6.09. The minimum Gasteiger partial charge on any atom is -0.299 e. The first-order valence-electron chi connectivity index (χ1n) is 5.62. The average molecular weight is 182 g/mol. The van der Waals surface area contributed by atoms with E-state index in [4.69, 9.17) is 0 Å². The maximum Gasteiger partial charge on any atom is 0.135 e. The number of carbonyl (C=O) groups excluding carboxylic acids is 1. The first-order valence-corrected chi connectivity index (χ1v) is 5.62. The van der Waals surface area contributed by atoms with E-state index in [1.807, 2.05) is 13.8 Å². The van der Waals surface area contributed by atoms with Gasteiger partial charge in [0.15, 0.2) is 0 Å². The molecule has 13 heavy (non-hydrogen) atoms. The molecule has 0 N–H and O–H groups in total. The Morgan fingerprint density at radius 1 is 1.38 bits per heavy atom. The largest absolute Gasteiger partial charge is 0.299 e. The summed E-state index contributed by atoms with van der Waals surface area (Å²) in [7, 11) is 0. The molecule has 0 aliphatic heterocycles. The lowest BCUT2D eigenvalue weighted by molar-refractivity contribution is -0.123. The fraction of sp³-hybridized carbons (Fsp3) is 0.917. The van der Waals surface area contributed by atoms with Crippen LogP contribution in [0.5, 0.6) is 0 Å². The van der Waals surface area contributed by atoms with Gasteiger partial charge in [0.2, 0.25) is 0 Å². The van der Waals surface area contributed by atoms with Crippen LogP contribution in [0.3, 0.4) is 0 Å². The maximum absolute atomic E-state index is 11.5. The van der Waals surface area contributed by atoms with Gasteiger partial charge in [0, 0.05) is 12.3 Å². The van der Waals surface area contributed by atoms with E-state index < -0.39 is 0 Å². The van der Waals surface area contributed by atoms with Crippen LogP contribution in [0.1, 0.15) is 52.9 Å². The topological polar surface area (TPSA) is 17.1 Å². The number of rotatable bonds is 3. The molecule has 0 radical (unpaired) electrons. The Morgan fingerprint density at radius 2 is 2.08 bits per heavy atom. The highest BCUT2D eigenvalue weighted by molar-refractivity contribution is 5.80. The van der Waals surface area contributed by atoms with Crippen molar-refractivity contribution in [2.45, 2.75) is 52.9 Å². The summed E-state index contributed by atoms with van der Waals surface area (Å²) in [5.74, 6) is 2.23. The molecule has 1 saturated carbocycles. The van der Waals surface area contributed by atoms with Gasteiger partial charge in [0.1, 0.15) is 5.78 Å². The van der Waals surface area contributed by atoms with Crippen LogP contribution in [0.2, 0.25) is 0 Å². The quantitative estimate of drug-likeness (QED) is 0.653. The van der Waals surface area contributed by atoms with Crippen LogP contribution in [0.25, 0.3) is 0 Å². The number of ketones is 1. The molecule has 1 nitrogen and oxygen atoms in total. The lowest BCUT2D eigenvalue weighted by atomic mass is 9.79. The molecule has 1 rings (SSSR count). The van der Waals surface area contributed by atoms with Crippen LogP contribution < -0.4 is 0 Å². The van der Waals surface area contributed by atoms with Crippen molar-refractivity contribution in [3.63, 3.8) is 0 Å². The van der Waals surface area contributed by atoms with Crippen molar-refractivity contribution in [2.75, 3.05) is 0 Å². The summed E-state index contributed by atoms with van der Waals surface area (Å²) < 4.78 is 0. The summed E-state index contributed by atoms with van der Waals surface area (Å²) in [5, 5.41) is 0. The van der Waals surface area contributed by atoms with Gasteiger partial charge < -0.3 is 0 Å². The molecular formula is C12H22O. The van der Waals surface area contributed by atoms with Crippen molar-refractivity contribution < 1.29 is 4.79 Å². The van der Waals surface area contributed by atoms with Gasteiger partial charge in [-0.2, -0.15) is 0 Å². The predicted molar refractivity (Wildman–Crippen MR) is 55.6 cm³/mol. The van der Waals surface area contributed by atoms with E-state index in [9.17, 15) is 4.79 Å². The van der Waals surface area contributed by atoms with Crippen molar-refractivity contribution in [1.29, 1.82) is 0 Å². The molecule has 1 fully saturated rings. The molecule has 0 aromatic carbocycles. The van der Waals surface area contributed by atoms with E-state index in [0.29, 0.717) is 11.7 Å². The molecule has 0 spiro atoms. The van der Waals surface area contributed by atoms with Gasteiger partial charge in [-0.3, -0.25) is 4.79 Å². The fourth-order valence-electron chi connectivity index (χ4n) is 2.27. The summed E-state index contributed by atoms with van der Waals surface area (Å²) in [6, 6.07) is 0. The monoisotopic (exact) mass is 182 g/mol. The van der Waals surface area contributed by atoms with Crippen molar-refractivity contribution in [1.82, 2.24) is 0 Å². The standard InChI is InChI=1S/C12H22O/c1-9(2)12(13)8-11-6-4-5-10(3)7-11/h9-11H,4-8H2,1-3H3. The summed E-state index contributed by atoms with van der Waals surface area (Å²) in [4.78, 5) is 11.5. The highest BCUT2D eigenvalue weighted by Crippen LogP contribution is 2.31. The normalized spacial score (nSPS) is 29.2. The van der Waals surface area contributed by atoms with Gasteiger partial charge in [-0.25, -0.2) is 0 Å². The van der Waals surface area contributed by atoms with Gasteiger partial charge in [-0.05, 0) is 18.3 Å². The zero-order valence-corrected chi connectivity index (χ0v) is 9.18. The fourth-order valence-corrected chi connectivity index (χ4v) is 2.27. The van der Waals surface area contributed by atoms with E-state index in [1.165, 1.54) is 25.7 Å². The molecule has 0 saturated heterocycles. The van der Waals surface area contributed by atoms with Crippen LogP contribution in [-0.4, -0.2) is 5.78 Å². The number of hydrogen-bond acceptors (Lipinski definition) is 1. The van der Waals surface area contributed by atoms with E-state index >= 15 is 0 Å². The molecule has 1 aliphatic rings. The average Bonchev–Trinajstić information content (AvgIpc) is 2.04. The summed E-state index contributed by atoms with van der Waals surface area (Å²) >= 11 is 0. The van der Waals surface area contributed by atoms with E-state index in [-0.39, 0.29) is 5.92 Å². The Morgan fingerprint density at radius 3 is 2.62 bits per heavy atom. The molecule has 0 heterocycles. The Balaban J connectivity index is 2.31. The van der Waals surface area contributed by atoms with Gasteiger partial charge in [0.25, 0.3) is 0 Å². The van der Waals surface area contributed by atoms with Crippen LogP contribution in [0.4, 0.5) is 0 Å². The molecule has 0 aromatic heterocycles. The molecule has 0 amide bonds. The maximum atomic E-state index is 11.5. The Bertz CT molecular complexity index is 172. The van der Waals surface area contributed by atoms with Gasteiger partial charge in [0.05, 0.1) is 0 Å². The number of hydrogen-bond donors (Lipinski definition) is 0.